The highest BCUT2D eigenvalue weighted by Crippen LogP contribution is 2.24. The number of fused-ring (bicyclic) bond motifs is 1. The molecule has 0 saturated carbocycles. The van der Waals surface area contributed by atoms with Crippen LogP contribution < -0.4 is 10.6 Å². The third-order valence-electron chi connectivity index (χ3n) is 2.93. The minimum Gasteiger partial charge on any atom is -0.459 e. The first kappa shape index (κ1) is 15.8. The maximum Gasteiger partial charge on any atom is 0.191 e. The summed E-state index contributed by atoms with van der Waals surface area (Å²) in [5.41, 5.74) is 2.12. The molecule has 1 heterocycles. The number of furan rings is 1. The molecule has 104 valence electrons. The third kappa shape index (κ3) is 3.62. The van der Waals surface area contributed by atoms with Gasteiger partial charge < -0.3 is 15.1 Å². The molecule has 0 aliphatic rings. The van der Waals surface area contributed by atoms with E-state index in [-0.39, 0.29) is 24.0 Å². The Kier molecular flexibility index (Phi) is 6.14. The molecule has 2 aromatic rings. The van der Waals surface area contributed by atoms with Crippen LogP contribution in [0.5, 0.6) is 0 Å². The number of rotatable bonds is 3. The third-order valence-corrected chi connectivity index (χ3v) is 2.93. The fraction of sp³-hybridized carbons (Fsp3) is 0.357. The van der Waals surface area contributed by atoms with Crippen LogP contribution in [0.25, 0.3) is 11.0 Å². The normalized spacial score (nSPS) is 11.2. The lowest BCUT2D eigenvalue weighted by Gasteiger charge is -2.08. The van der Waals surface area contributed by atoms with Crippen LogP contribution in [0.2, 0.25) is 0 Å². The second-order valence-corrected chi connectivity index (χ2v) is 4.10. The molecule has 0 radical (unpaired) electrons. The Morgan fingerprint density at radius 3 is 2.63 bits per heavy atom. The van der Waals surface area contributed by atoms with Crippen molar-refractivity contribution in [2.45, 2.75) is 20.4 Å². The van der Waals surface area contributed by atoms with E-state index in [4.69, 9.17) is 4.42 Å². The van der Waals surface area contributed by atoms with Gasteiger partial charge in [0.15, 0.2) is 5.96 Å². The molecule has 1 aromatic heterocycles. The van der Waals surface area contributed by atoms with Gasteiger partial charge >= 0.3 is 0 Å². The monoisotopic (exact) mass is 373 g/mol. The lowest BCUT2D eigenvalue weighted by Crippen LogP contribution is -2.36. The van der Waals surface area contributed by atoms with Gasteiger partial charge in [-0.2, -0.15) is 0 Å². The van der Waals surface area contributed by atoms with Crippen molar-refractivity contribution < 1.29 is 4.42 Å². The molecule has 0 bridgehead atoms. The number of hydrogen-bond donors (Lipinski definition) is 2. The molecule has 2 N–H and O–H groups in total. The van der Waals surface area contributed by atoms with Gasteiger partial charge in [-0.1, -0.05) is 18.2 Å². The second-order valence-electron chi connectivity index (χ2n) is 4.10. The molecule has 5 heteroatoms. The first-order valence-electron chi connectivity index (χ1n) is 6.17. The SMILES string of the molecule is CCNC(=NC)NCc1oc2ccccc2c1C.I. The Bertz CT molecular complexity index is 563. The Morgan fingerprint density at radius 2 is 2.00 bits per heavy atom. The molecule has 19 heavy (non-hydrogen) atoms. The van der Waals surface area contributed by atoms with Gasteiger partial charge in [0, 0.05) is 24.5 Å². The molecule has 0 saturated heterocycles. The fourth-order valence-electron chi connectivity index (χ4n) is 1.95. The molecule has 0 fully saturated rings. The summed E-state index contributed by atoms with van der Waals surface area (Å²) in [6.07, 6.45) is 0. The molecular formula is C14H20IN3O. The molecule has 0 spiro atoms. The molecule has 2 rings (SSSR count). The number of aliphatic imine (C=N–C) groups is 1. The summed E-state index contributed by atoms with van der Waals surface area (Å²) in [5.74, 6) is 1.74. The van der Waals surface area contributed by atoms with Crippen molar-refractivity contribution in [3.8, 4) is 0 Å². The summed E-state index contributed by atoms with van der Waals surface area (Å²) in [7, 11) is 1.76. The maximum absolute atomic E-state index is 5.83. The van der Waals surface area contributed by atoms with Gasteiger partial charge in [-0.25, -0.2) is 0 Å². The Balaban J connectivity index is 0.00000180. The van der Waals surface area contributed by atoms with E-state index in [1.165, 1.54) is 10.9 Å². The average molecular weight is 373 g/mol. The van der Waals surface area contributed by atoms with Gasteiger partial charge in [0.05, 0.1) is 6.54 Å². The summed E-state index contributed by atoms with van der Waals surface area (Å²) >= 11 is 0. The van der Waals surface area contributed by atoms with Crippen molar-refractivity contribution >= 4 is 40.9 Å². The Hall–Kier alpha value is -1.24. The number of guanidine groups is 1. The largest absolute Gasteiger partial charge is 0.459 e. The minimum atomic E-state index is 0. The Labute approximate surface area is 130 Å². The molecule has 1 aromatic carbocycles. The minimum absolute atomic E-state index is 0. The van der Waals surface area contributed by atoms with Crippen LogP contribution in [0, 0.1) is 6.92 Å². The number of aryl methyl sites for hydroxylation is 1. The topological polar surface area (TPSA) is 49.6 Å². The van der Waals surface area contributed by atoms with Crippen molar-refractivity contribution in [2.24, 2.45) is 4.99 Å². The van der Waals surface area contributed by atoms with Gasteiger partial charge in [-0.3, -0.25) is 4.99 Å². The zero-order valence-corrected chi connectivity index (χ0v) is 13.8. The van der Waals surface area contributed by atoms with E-state index >= 15 is 0 Å². The molecule has 0 atom stereocenters. The highest BCUT2D eigenvalue weighted by atomic mass is 127. The molecule has 4 nitrogen and oxygen atoms in total. The first-order chi connectivity index (χ1) is 8.76. The van der Waals surface area contributed by atoms with Gasteiger partial charge in [-0.05, 0) is 19.9 Å². The summed E-state index contributed by atoms with van der Waals surface area (Å²) in [4.78, 5) is 4.13. The van der Waals surface area contributed by atoms with Crippen molar-refractivity contribution in [3.63, 3.8) is 0 Å². The maximum atomic E-state index is 5.83. The number of nitrogens with zero attached hydrogens (tertiary/aromatic N) is 1. The van der Waals surface area contributed by atoms with Crippen LogP contribution in [0.15, 0.2) is 33.7 Å². The van der Waals surface area contributed by atoms with Gasteiger partial charge in [0.25, 0.3) is 0 Å². The van der Waals surface area contributed by atoms with E-state index in [0.717, 1.165) is 23.8 Å². The molecule has 0 aliphatic carbocycles. The van der Waals surface area contributed by atoms with E-state index in [1.54, 1.807) is 7.05 Å². The first-order valence-corrected chi connectivity index (χ1v) is 6.17. The van der Waals surface area contributed by atoms with Crippen LogP contribution in [-0.2, 0) is 6.54 Å². The quantitative estimate of drug-likeness (QED) is 0.494. The summed E-state index contributed by atoms with van der Waals surface area (Å²) in [5, 5.41) is 7.56. The van der Waals surface area contributed by atoms with E-state index in [9.17, 15) is 0 Å². The van der Waals surface area contributed by atoms with E-state index < -0.39 is 0 Å². The van der Waals surface area contributed by atoms with Crippen LogP contribution in [0.1, 0.15) is 18.2 Å². The predicted octanol–water partition coefficient (Wildman–Crippen LogP) is 3.04. The Morgan fingerprint density at radius 1 is 1.26 bits per heavy atom. The van der Waals surface area contributed by atoms with Gasteiger partial charge in [-0.15, -0.1) is 24.0 Å². The van der Waals surface area contributed by atoms with Crippen molar-refractivity contribution in [1.82, 2.24) is 10.6 Å². The van der Waals surface area contributed by atoms with Gasteiger partial charge in [0.1, 0.15) is 11.3 Å². The predicted molar refractivity (Wildman–Crippen MR) is 90.2 cm³/mol. The number of hydrogen-bond acceptors (Lipinski definition) is 2. The lowest BCUT2D eigenvalue weighted by molar-refractivity contribution is 0.535. The molecular weight excluding hydrogens is 353 g/mol. The van der Waals surface area contributed by atoms with Crippen LogP contribution >= 0.6 is 24.0 Å². The van der Waals surface area contributed by atoms with Crippen LogP contribution in [-0.4, -0.2) is 19.6 Å². The smallest absolute Gasteiger partial charge is 0.191 e. The summed E-state index contributed by atoms with van der Waals surface area (Å²) in [6.45, 7) is 5.61. The van der Waals surface area contributed by atoms with Gasteiger partial charge in [0.2, 0.25) is 0 Å². The zero-order chi connectivity index (χ0) is 13.0. The van der Waals surface area contributed by atoms with E-state index in [2.05, 4.69) is 28.6 Å². The van der Waals surface area contributed by atoms with Crippen molar-refractivity contribution in [3.05, 3.63) is 35.6 Å². The number of nitrogens with one attached hydrogen (secondary N) is 2. The highest BCUT2D eigenvalue weighted by Gasteiger charge is 2.09. The van der Waals surface area contributed by atoms with E-state index in [0.29, 0.717) is 6.54 Å². The molecule has 0 amide bonds. The standard InChI is InChI=1S/C14H19N3O.HI/c1-4-16-14(15-3)17-9-13-10(2)11-7-5-6-8-12(11)18-13;/h5-8H,4,9H2,1-3H3,(H2,15,16,17);1H. The number of halogens is 1. The lowest BCUT2D eigenvalue weighted by atomic mass is 10.1. The second kappa shape index (κ2) is 7.37. The number of benzene rings is 1. The fourth-order valence-corrected chi connectivity index (χ4v) is 1.95. The van der Waals surface area contributed by atoms with E-state index in [1.807, 2.05) is 25.1 Å². The summed E-state index contributed by atoms with van der Waals surface area (Å²) < 4.78 is 5.83. The van der Waals surface area contributed by atoms with Crippen LogP contribution in [0.4, 0.5) is 0 Å². The average Bonchev–Trinajstić information content (AvgIpc) is 2.72. The van der Waals surface area contributed by atoms with Crippen molar-refractivity contribution in [2.75, 3.05) is 13.6 Å². The summed E-state index contributed by atoms with van der Waals surface area (Å²) in [6, 6.07) is 8.08. The number of para-hydroxylation sites is 1. The van der Waals surface area contributed by atoms with Crippen LogP contribution in [0.3, 0.4) is 0 Å². The van der Waals surface area contributed by atoms with Crippen molar-refractivity contribution in [1.29, 1.82) is 0 Å². The highest BCUT2D eigenvalue weighted by molar-refractivity contribution is 14.0. The molecule has 0 unspecified atom stereocenters. The molecule has 0 aliphatic heterocycles. The zero-order valence-electron chi connectivity index (χ0n) is 11.5.